The first-order chi connectivity index (χ1) is 23.5. The molecule has 0 aliphatic carbocycles. The lowest BCUT2D eigenvalue weighted by molar-refractivity contribution is -0.123. The number of benzene rings is 3. The molecule has 49 heavy (non-hydrogen) atoms. The minimum atomic E-state index is -1.19. The maximum atomic E-state index is 13.6. The number of aromatic hydroxyl groups is 1. The number of hydrazine groups is 1. The second-order valence-corrected chi connectivity index (χ2v) is 14.1. The first kappa shape index (κ1) is 38.9. The molecule has 3 aromatic carbocycles. The molecule has 1 aliphatic rings. The molecule has 3 N–H and O–H groups in total. The van der Waals surface area contributed by atoms with Gasteiger partial charge in [-0.05, 0) is 73.9 Å². The molecule has 1 fully saturated rings. The number of carbonyl (C=O) groups excluding carboxylic acids is 2. The van der Waals surface area contributed by atoms with Gasteiger partial charge in [0.1, 0.15) is 23.0 Å². The van der Waals surface area contributed by atoms with Crippen LogP contribution in [-0.4, -0.2) is 34.2 Å². The van der Waals surface area contributed by atoms with Gasteiger partial charge in [0, 0.05) is 10.7 Å². The second-order valence-electron chi connectivity index (χ2n) is 12.0. The Morgan fingerprint density at radius 1 is 0.918 bits per heavy atom. The molecule has 0 bridgehead atoms. The molecule has 8 nitrogen and oxygen atoms in total. The minimum absolute atomic E-state index is 0.0870. The lowest BCUT2D eigenvalue weighted by atomic mass is 10.0. The van der Waals surface area contributed by atoms with Gasteiger partial charge in [0.25, 0.3) is 11.8 Å². The fourth-order valence-corrected chi connectivity index (χ4v) is 6.75. The van der Waals surface area contributed by atoms with Gasteiger partial charge in [0.2, 0.25) is 0 Å². The standard InChI is InChI=1S/C36H41Cl5N4O4/c1-3-4-5-6-7-8-9-10-11-12-13-31(49-25-15-17-30(46)22(2)18-25)35(47)42-24-14-16-26(38)29(21-24)43-34-32(41)36(48)45(44-34)33-27(39)19-23(37)20-28(33)40/h14-21,31-32,46H,3-13H2,1-2H3,(H,42,47)(H,43,44). The number of carbonyl (C=O) groups is 2. The Kier molecular flexibility index (Phi) is 15.0. The Balaban J connectivity index is 1.44. The van der Waals surface area contributed by atoms with Crippen molar-refractivity contribution in [3.63, 3.8) is 0 Å². The van der Waals surface area contributed by atoms with E-state index in [9.17, 15) is 14.7 Å². The zero-order chi connectivity index (χ0) is 35.5. The molecule has 264 valence electrons. The summed E-state index contributed by atoms with van der Waals surface area (Å²) in [4.78, 5) is 31.2. The van der Waals surface area contributed by atoms with Crippen molar-refractivity contribution in [2.45, 2.75) is 96.0 Å². The van der Waals surface area contributed by atoms with Gasteiger partial charge in [0.15, 0.2) is 11.5 Å². The largest absolute Gasteiger partial charge is 0.508 e. The molecule has 1 aliphatic heterocycles. The maximum Gasteiger partial charge on any atom is 0.271 e. The average Bonchev–Trinajstić information content (AvgIpc) is 3.32. The van der Waals surface area contributed by atoms with Crippen molar-refractivity contribution in [2.75, 3.05) is 10.3 Å². The van der Waals surface area contributed by atoms with Crippen molar-refractivity contribution in [3.8, 4) is 11.5 Å². The highest BCUT2D eigenvalue weighted by Crippen LogP contribution is 2.38. The average molecular weight is 771 g/mol. The number of hydrogen-bond acceptors (Lipinski definition) is 5. The summed E-state index contributed by atoms with van der Waals surface area (Å²) < 4.78 is 6.16. The van der Waals surface area contributed by atoms with E-state index in [-0.39, 0.29) is 43.9 Å². The van der Waals surface area contributed by atoms with Crippen LogP contribution in [0.15, 0.2) is 53.5 Å². The Morgan fingerprint density at radius 2 is 1.55 bits per heavy atom. The van der Waals surface area contributed by atoms with Crippen LogP contribution in [0.2, 0.25) is 20.1 Å². The van der Waals surface area contributed by atoms with E-state index in [2.05, 4.69) is 22.7 Å². The van der Waals surface area contributed by atoms with Crippen LogP contribution in [0.5, 0.6) is 11.5 Å². The Labute approximate surface area is 313 Å². The monoisotopic (exact) mass is 768 g/mol. The summed E-state index contributed by atoms with van der Waals surface area (Å²) >= 11 is 31.6. The summed E-state index contributed by atoms with van der Waals surface area (Å²) in [6.07, 6.45) is 11.5. The quantitative estimate of drug-likeness (QED) is 0.0937. The number of amidine groups is 1. The van der Waals surface area contributed by atoms with Gasteiger partial charge in [-0.25, -0.2) is 10.0 Å². The number of phenolic OH excluding ortho intramolecular Hbond substituents is 1. The number of hydrogen-bond donors (Lipinski definition) is 3. The van der Waals surface area contributed by atoms with Crippen molar-refractivity contribution in [1.29, 1.82) is 0 Å². The van der Waals surface area contributed by atoms with E-state index in [1.807, 2.05) is 0 Å². The third-order valence-electron chi connectivity index (χ3n) is 8.12. The Morgan fingerprint density at radius 3 is 2.18 bits per heavy atom. The lowest BCUT2D eigenvalue weighted by Crippen LogP contribution is -2.36. The number of aliphatic imine (C=N–C) groups is 1. The number of ether oxygens (including phenoxy) is 1. The molecule has 0 spiro atoms. The molecule has 4 rings (SSSR count). The molecular formula is C36H41Cl5N4O4. The van der Waals surface area contributed by atoms with Crippen LogP contribution in [0, 0.1) is 6.92 Å². The minimum Gasteiger partial charge on any atom is -0.508 e. The smallest absolute Gasteiger partial charge is 0.271 e. The van der Waals surface area contributed by atoms with Crippen molar-refractivity contribution in [2.24, 2.45) is 4.99 Å². The maximum absolute atomic E-state index is 13.6. The predicted molar refractivity (Wildman–Crippen MR) is 203 cm³/mol. The number of rotatable bonds is 17. The zero-order valence-electron chi connectivity index (χ0n) is 27.5. The molecule has 13 heteroatoms. The molecule has 2 amide bonds. The number of unbranched alkanes of at least 4 members (excludes halogenated alkanes) is 9. The van der Waals surface area contributed by atoms with Crippen molar-refractivity contribution >= 4 is 92.7 Å². The number of alkyl halides is 1. The number of phenols is 1. The van der Waals surface area contributed by atoms with Gasteiger partial charge in [-0.3, -0.25) is 15.0 Å². The van der Waals surface area contributed by atoms with Gasteiger partial charge in [0.05, 0.1) is 20.8 Å². The van der Waals surface area contributed by atoms with E-state index >= 15 is 0 Å². The SMILES string of the molecule is CCCCCCCCCCCCC(Oc1ccc(O)c(C)c1)C(=O)Nc1ccc(Cl)c(N=C2NN(c3c(Cl)cc(Cl)cc3Cl)C(=O)C2Cl)c1. The molecule has 0 aromatic heterocycles. The third kappa shape index (κ3) is 11.1. The summed E-state index contributed by atoms with van der Waals surface area (Å²) in [6.45, 7) is 3.99. The van der Waals surface area contributed by atoms with E-state index in [0.717, 1.165) is 24.3 Å². The number of nitrogens with zero attached hydrogens (tertiary/aromatic N) is 2. The van der Waals surface area contributed by atoms with E-state index in [1.54, 1.807) is 43.3 Å². The van der Waals surface area contributed by atoms with Gasteiger partial charge in [-0.1, -0.05) is 111 Å². The second kappa shape index (κ2) is 18.9. The number of nitrogens with one attached hydrogen (secondary N) is 2. The number of halogens is 5. The van der Waals surface area contributed by atoms with E-state index in [0.29, 0.717) is 28.4 Å². The molecule has 2 unspecified atom stereocenters. The van der Waals surface area contributed by atoms with Crippen molar-refractivity contribution in [3.05, 3.63) is 74.2 Å². The highest BCUT2D eigenvalue weighted by molar-refractivity contribution is 6.49. The van der Waals surface area contributed by atoms with E-state index in [4.69, 9.17) is 62.7 Å². The van der Waals surface area contributed by atoms with E-state index in [1.165, 1.54) is 57.1 Å². The lowest BCUT2D eigenvalue weighted by Gasteiger charge is -2.20. The van der Waals surface area contributed by atoms with Crippen LogP contribution in [0.1, 0.15) is 83.1 Å². The van der Waals surface area contributed by atoms with E-state index < -0.39 is 17.4 Å². The van der Waals surface area contributed by atoms with Crippen LogP contribution in [0.25, 0.3) is 0 Å². The first-order valence-corrected chi connectivity index (χ1v) is 18.5. The zero-order valence-corrected chi connectivity index (χ0v) is 31.3. The molecule has 0 radical (unpaired) electrons. The highest BCUT2D eigenvalue weighted by Gasteiger charge is 2.39. The van der Waals surface area contributed by atoms with Gasteiger partial charge in [-0.15, -0.1) is 11.6 Å². The third-order valence-corrected chi connectivity index (χ3v) is 9.63. The van der Waals surface area contributed by atoms with Crippen LogP contribution in [-0.2, 0) is 9.59 Å². The number of aryl methyl sites for hydroxylation is 1. The highest BCUT2D eigenvalue weighted by atomic mass is 35.5. The summed E-state index contributed by atoms with van der Waals surface area (Å²) in [5.74, 6) is -0.169. The number of anilines is 2. The van der Waals surface area contributed by atoms with Crippen molar-refractivity contribution < 1.29 is 19.4 Å². The molecule has 0 saturated carbocycles. The normalized spacial score (nSPS) is 15.8. The fourth-order valence-electron chi connectivity index (χ4n) is 5.41. The van der Waals surface area contributed by atoms with Crippen LogP contribution >= 0.6 is 58.0 Å². The fraction of sp³-hybridized carbons (Fsp3) is 0.417. The summed E-state index contributed by atoms with van der Waals surface area (Å²) in [7, 11) is 0. The summed E-state index contributed by atoms with van der Waals surface area (Å²) in [6, 6.07) is 12.6. The van der Waals surface area contributed by atoms with Crippen LogP contribution < -0.4 is 20.5 Å². The summed E-state index contributed by atoms with van der Waals surface area (Å²) in [5.41, 5.74) is 4.36. The Bertz CT molecular complexity index is 1630. The molecule has 2 atom stereocenters. The Hall–Kier alpha value is -2.88. The topological polar surface area (TPSA) is 103 Å². The number of amides is 2. The predicted octanol–water partition coefficient (Wildman–Crippen LogP) is 11.2. The van der Waals surface area contributed by atoms with Crippen LogP contribution in [0.4, 0.5) is 17.1 Å². The summed E-state index contributed by atoms with van der Waals surface area (Å²) in [5, 5.41) is 13.7. The first-order valence-electron chi connectivity index (χ1n) is 16.5. The molecule has 1 saturated heterocycles. The van der Waals surface area contributed by atoms with Crippen molar-refractivity contribution in [1.82, 2.24) is 5.43 Å². The van der Waals surface area contributed by atoms with Crippen LogP contribution in [0.3, 0.4) is 0 Å². The molecular weight excluding hydrogens is 730 g/mol. The molecule has 1 heterocycles. The van der Waals surface area contributed by atoms with Gasteiger partial charge < -0.3 is 15.2 Å². The van der Waals surface area contributed by atoms with Gasteiger partial charge in [-0.2, -0.15) is 0 Å². The molecule has 3 aromatic rings. The van der Waals surface area contributed by atoms with Gasteiger partial charge >= 0.3 is 0 Å².